The number of anilines is 1. The predicted octanol–water partition coefficient (Wildman–Crippen LogP) is 2.22. The highest BCUT2D eigenvalue weighted by Gasteiger charge is 2.22. The third-order valence-electron chi connectivity index (χ3n) is 5.00. The van der Waals surface area contributed by atoms with E-state index >= 15 is 0 Å². The monoisotopic (exact) mass is 432 g/mol. The lowest BCUT2D eigenvalue weighted by Gasteiger charge is -2.35. The second-order valence-corrected chi connectivity index (χ2v) is 8.51. The average molecular weight is 432 g/mol. The van der Waals surface area contributed by atoms with Crippen molar-refractivity contribution in [1.82, 2.24) is 4.90 Å². The second kappa shape index (κ2) is 8.74. The summed E-state index contributed by atoms with van der Waals surface area (Å²) in [7, 11) is -2.80. The first-order chi connectivity index (χ1) is 14.2. The molecule has 0 aliphatic carbocycles. The van der Waals surface area contributed by atoms with Crippen molar-refractivity contribution in [3.8, 4) is 5.75 Å². The number of esters is 1. The summed E-state index contributed by atoms with van der Waals surface area (Å²) < 4.78 is 35.3. The Morgan fingerprint density at radius 2 is 1.60 bits per heavy atom. The Hall–Kier alpha value is -3.07. The van der Waals surface area contributed by atoms with Gasteiger partial charge in [-0.1, -0.05) is 0 Å². The van der Waals surface area contributed by atoms with E-state index in [2.05, 4.69) is 9.64 Å². The van der Waals surface area contributed by atoms with Gasteiger partial charge >= 0.3 is 16.1 Å². The smallest absolute Gasteiger partial charge is 0.339 e. The number of benzene rings is 2. The molecule has 0 saturated carbocycles. The van der Waals surface area contributed by atoms with Gasteiger partial charge in [0, 0.05) is 38.8 Å². The van der Waals surface area contributed by atoms with E-state index in [-0.39, 0.29) is 22.1 Å². The van der Waals surface area contributed by atoms with Crippen molar-refractivity contribution in [2.75, 3.05) is 38.2 Å². The van der Waals surface area contributed by atoms with E-state index in [1.807, 2.05) is 0 Å². The lowest BCUT2D eigenvalue weighted by atomic mass is 10.1. The molecule has 0 bridgehead atoms. The van der Waals surface area contributed by atoms with Gasteiger partial charge in [-0.05, 0) is 55.0 Å². The molecule has 2 aromatic rings. The summed E-state index contributed by atoms with van der Waals surface area (Å²) in [6.07, 6.45) is 0. The van der Waals surface area contributed by atoms with E-state index in [0.717, 1.165) is 5.69 Å². The largest absolute Gasteiger partial charge is 0.465 e. The number of ether oxygens (including phenoxy) is 1. The quantitative estimate of drug-likeness (QED) is 0.528. The van der Waals surface area contributed by atoms with Gasteiger partial charge in [-0.15, -0.1) is 0 Å². The van der Waals surface area contributed by atoms with E-state index in [9.17, 15) is 18.0 Å². The third kappa shape index (κ3) is 4.73. The number of rotatable bonds is 5. The number of carbonyl (C=O) groups excluding carboxylic acids is 2. The van der Waals surface area contributed by atoms with E-state index in [0.29, 0.717) is 31.7 Å². The van der Waals surface area contributed by atoms with Crippen LogP contribution >= 0.6 is 0 Å². The van der Waals surface area contributed by atoms with Crippen molar-refractivity contribution in [3.05, 3.63) is 53.6 Å². The first-order valence-corrected chi connectivity index (χ1v) is 10.9. The Balaban J connectivity index is 1.70. The van der Waals surface area contributed by atoms with Gasteiger partial charge in [-0.2, -0.15) is 8.42 Å². The number of nitrogens with zero attached hydrogens (tertiary/aromatic N) is 2. The van der Waals surface area contributed by atoms with Gasteiger partial charge in [0.15, 0.2) is 0 Å². The summed E-state index contributed by atoms with van der Waals surface area (Å²) >= 11 is 0. The molecule has 3 rings (SSSR count). The zero-order valence-corrected chi connectivity index (χ0v) is 17.9. The maximum absolute atomic E-state index is 12.7. The zero-order chi connectivity index (χ0) is 21.9. The van der Waals surface area contributed by atoms with Crippen LogP contribution in [0, 0.1) is 6.92 Å². The molecule has 9 heteroatoms. The third-order valence-corrected chi connectivity index (χ3v) is 6.41. The Kier molecular flexibility index (Phi) is 6.31. The van der Waals surface area contributed by atoms with Crippen molar-refractivity contribution in [2.24, 2.45) is 0 Å². The van der Waals surface area contributed by atoms with Gasteiger partial charge in [0.25, 0.3) is 0 Å². The molecule has 0 N–H and O–H groups in total. The minimum absolute atomic E-state index is 0.0143. The molecule has 1 aliphatic rings. The molecule has 8 nitrogen and oxygen atoms in total. The Bertz CT molecular complexity index is 1040. The van der Waals surface area contributed by atoms with Crippen molar-refractivity contribution in [3.63, 3.8) is 0 Å². The van der Waals surface area contributed by atoms with Gasteiger partial charge in [0.1, 0.15) is 10.6 Å². The van der Waals surface area contributed by atoms with Crippen LogP contribution in [0.2, 0.25) is 0 Å². The highest BCUT2D eigenvalue weighted by atomic mass is 32.2. The minimum Gasteiger partial charge on any atom is -0.465 e. The van der Waals surface area contributed by atoms with Crippen molar-refractivity contribution >= 4 is 27.7 Å². The molecular formula is C21H24N2O6S. The van der Waals surface area contributed by atoms with Crippen LogP contribution in [-0.2, 0) is 19.6 Å². The molecule has 0 spiro atoms. The molecule has 1 amide bonds. The SMILES string of the molecule is COC(=O)c1ccc(S(=O)(=O)Oc2ccc(N3CCN(C(C)=O)CC3)cc2)c(C)c1. The fourth-order valence-corrected chi connectivity index (χ4v) is 4.48. The fourth-order valence-electron chi connectivity index (χ4n) is 3.34. The van der Waals surface area contributed by atoms with Crippen LogP contribution in [0.15, 0.2) is 47.4 Å². The Morgan fingerprint density at radius 3 is 2.13 bits per heavy atom. The number of carbonyl (C=O) groups is 2. The zero-order valence-electron chi connectivity index (χ0n) is 17.1. The van der Waals surface area contributed by atoms with E-state index in [1.165, 1.54) is 25.3 Å². The highest BCUT2D eigenvalue weighted by molar-refractivity contribution is 7.87. The van der Waals surface area contributed by atoms with Crippen LogP contribution in [0.4, 0.5) is 5.69 Å². The number of aryl methyl sites for hydroxylation is 1. The fraction of sp³-hybridized carbons (Fsp3) is 0.333. The summed E-state index contributed by atoms with van der Waals surface area (Å²) in [5.74, 6) is -0.279. The topological polar surface area (TPSA) is 93.2 Å². The molecular weight excluding hydrogens is 408 g/mol. The standard InChI is InChI=1S/C21H24N2O6S/c1-15-14-17(21(25)28-3)4-9-20(15)30(26,27)29-19-7-5-18(6-8-19)23-12-10-22(11-13-23)16(2)24/h4-9,14H,10-13H2,1-3H3. The Labute approximate surface area is 176 Å². The Morgan fingerprint density at radius 1 is 0.967 bits per heavy atom. The summed E-state index contributed by atoms with van der Waals surface area (Å²) in [5, 5.41) is 0. The van der Waals surface area contributed by atoms with Crippen molar-refractivity contribution in [1.29, 1.82) is 0 Å². The minimum atomic E-state index is -4.06. The predicted molar refractivity (Wildman–Crippen MR) is 111 cm³/mol. The lowest BCUT2D eigenvalue weighted by Crippen LogP contribution is -2.48. The molecule has 2 aromatic carbocycles. The van der Waals surface area contributed by atoms with Crippen LogP contribution in [0.25, 0.3) is 0 Å². The molecule has 1 saturated heterocycles. The number of hydrogen-bond donors (Lipinski definition) is 0. The number of methoxy groups -OCH3 is 1. The van der Waals surface area contributed by atoms with E-state index in [4.69, 9.17) is 4.18 Å². The molecule has 0 unspecified atom stereocenters. The van der Waals surface area contributed by atoms with Gasteiger partial charge < -0.3 is 18.7 Å². The first-order valence-electron chi connectivity index (χ1n) is 9.45. The molecule has 1 aliphatic heterocycles. The highest BCUT2D eigenvalue weighted by Crippen LogP contribution is 2.25. The average Bonchev–Trinajstić information content (AvgIpc) is 2.73. The molecule has 0 atom stereocenters. The second-order valence-electron chi connectivity index (χ2n) is 7.00. The summed E-state index contributed by atoms with van der Waals surface area (Å²) in [5.41, 5.74) is 1.59. The van der Waals surface area contributed by atoms with Gasteiger partial charge in [0.2, 0.25) is 5.91 Å². The molecule has 1 fully saturated rings. The van der Waals surface area contributed by atoms with Crippen LogP contribution in [0.3, 0.4) is 0 Å². The number of piperazine rings is 1. The lowest BCUT2D eigenvalue weighted by molar-refractivity contribution is -0.129. The van der Waals surface area contributed by atoms with E-state index < -0.39 is 16.1 Å². The van der Waals surface area contributed by atoms with Crippen LogP contribution in [0.5, 0.6) is 5.75 Å². The van der Waals surface area contributed by atoms with Gasteiger partial charge in [-0.3, -0.25) is 4.79 Å². The molecule has 0 radical (unpaired) electrons. The van der Waals surface area contributed by atoms with Crippen LogP contribution < -0.4 is 9.08 Å². The molecule has 1 heterocycles. The molecule has 30 heavy (non-hydrogen) atoms. The van der Waals surface area contributed by atoms with Crippen molar-refractivity contribution in [2.45, 2.75) is 18.7 Å². The van der Waals surface area contributed by atoms with E-state index in [1.54, 1.807) is 43.0 Å². The first kappa shape index (κ1) is 21.6. The van der Waals surface area contributed by atoms with Crippen LogP contribution in [-0.4, -0.2) is 58.5 Å². The maximum Gasteiger partial charge on any atom is 0.339 e. The summed E-state index contributed by atoms with van der Waals surface area (Å²) in [6.45, 7) is 5.89. The van der Waals surface area contributed by atoms with Crippen molar-refractivity contribution < 1.29 is 26.9 Å². The van der Waals surface area contributed by atoms with Gasteiger partial charge in [0.05, 0.1) is 12.7 Å². The van der Waals surface area contributed by atoms with Crippen LogP contribution in [0.1, 0.15) is 22.8 Å². The number of amides is 1. The molecule has 160 valence electrons. The summed E-state index contributed by atoms with van der Waals surface area (Å²) in [4.78, 5) is 27.0. The van der Waals surface area contributed by atoms with Gasteiger partial charge in [-0.25, -0.2) is 4.79 Å². The number of hydrogen-bond acceptors (Lipinski definition) is 7. The normalized spacial score (nSPS) is 14.4. The summed E-state index contributed by atoms with van der Waals surface area (Å²) in [6, 6.07) is 11.0. The maximum atomic E-state index is 12.7. The molecule has 0 aromatic heterocycles.